The average molecular weight is 350 g/mol. The van der Waals surface area contributed by atoms with Crippen LogP contribution in [-0.2, 0) is 14.3 Å². The van der Waals surface area contributed by atoms with Crippen LogP contribution in [0.3, 0.4) is 0 Å². The van der Waals surface area contributed by atoms with Crippen molar-refractivity contribution in [1.29, 1.82) is 0 Å². The van der Waals surface area contributed by atoms with Crippen LogP contribution in [0.2, 0.25) is 0 Å². The number of carbonyl (C=O) groups excluding carboxylic acids is 2. The highest BCUT2D eigenvalue weighted by molar-refractivity contribution is 6.32. The number of anilines is 1. The van der Waals surface area contributed by atoms with Gasteiger partial charge in [0.2, 0.25) is 0 Å². The largest absolute Gasteiger partial charge is 0.482 e. The number of carbonyl (C=O) groups is 2. The van der Waals surface area contributed by atoms with Crippen LogP contribution >= 0.6 is 0 Å². The maximum absolute atomic E-state index is 12.7. The minimum atomic E-state index is -0.444. The summed E-state index contributed by atoms with van der Waals surface area (Å²) in [4.78, 5) is 23.8. The van der Waals surface area contributed by atoms with Gasteiger partial charge in [-0.25, -0.2) is 4.79 Å². The molecule has 0 saturated carbocycles. The van der Waals surface area contributed by atoms with Crippen molar-refractivity contribution in [3.8, 4) is 5.75 Å². The highest BCUT2D eigenvalue weighted by Crippen LogP contribution is 2.25. The highest BCUT2D eigenvalue weighted by atomic mass is 16.6. The van der Waals surface area contributed by atoms with Crippen molar-refractivity contribution < 1.29 is 19.1 Å². The zero-order valence-electron chi connectivity index (χ0n) is 14.5. The lowest BCUT2D eigenvalue weighted by molar-refractivity contribution is -0.142. The molecule has 0 fully saturated rings. The number of ether oxygens (including phenoxy) is 2. The quantitative estimate of drug-likeness (QED) is 0.614. The lowest BCUT2D eigenvalue weighted by Gasteiger charge is -2.11. The van der Waals surface area contributed by atoms with Gasteiger partial charge in [0.15, 0.2) is 6.61 Å². The summed E-state index contributed by atoms with van der Waals surface area (Å²) in [7, 11) is 1.31. The molecule has 132 valence electrons. The summed E-state index contributed by atoms with van der Waals surface area (Å²) in [5, 5.41) is 5.75. The molecule has 3 rings (SSSR count). The lowest BCUT2D eigenvalue weighted by Crippen LogP contribution is -2.21. The van der Waals surface area contributed by atoms with Crippen molar-refractivity contribution >= 4 is 29.4 Å². The standard InChI is InChI=1S/C20H18N2O4/c1-14-18(20(24)22(21-14)16-6-4-3-5-7-16)12-15-8-10-17(11-9-15)26-13-19(23)25-2/h3-12H,13H2,1-2H3/b18-12+. The number of nitrogens with zero attached hydrogens (tertiary/aromatic N) is 2. The number of hydrogen-bond acceptors (Lipinski definition) is 5. The SMILES string of the molecule is COC(=O)COc1ccc(/C=C2/C(=O)N(c3ccccc3)N=C2C)cc1. The Hall–Kier alpha value is -3.41. The summed E-state index contributed by atoms with van der Waals surface area (Å²) in [5.74, 6) is -0.0631. The molecule has 1 heterocycles. The van der Waals surface area contributed by atoms with E-state index in [2.05, 4.69) is 9.84 Å². The Balaban J connectivity index is 1.75. The van der Waals surface area contributed by atoms with E-state index in [0.717, 1.165) is 11.3 Å². The molecule has 0 saturated heterocycles. The minimum absolute atomic E-state index is 0.146. The molecule has 1 aliphatic rings. The zero-order valence-corrected chi connectivity index (χ0v) is 14.5. The third kappa shape index (κ3) is 3.80. The Bertz CT molecular complexity index is 870. The van der Waals surface area contributed by atoms with Gasteiger partial charge in [0.05, 0.1) is 24.1 Å². The number of methoxy groups -OCH3 is 1. The van der Waals surface area contributed by atoms with E-state index in [0.29, 0.717) is 17.0 Å². The van der Waals surface area contributed by atoms with Crippen LogP contribution in [0.4, 0.5) is 5.69 Å². The van der Waals surface area contributed by atoms with Crippen molar-refractivity contribution in [3.05, 3.63) is 65.7 Å². The lowest BCUT2D eigenvalue weighted by atomic mass is 10.1. The van der Waals surface area contributed by atoms with E-state index in [-0.39, 0.29) is 12.5 Å². The monoisotopic (exact) mass is 350 g/mol. The summed E-state index contributed by atoms with van der Waals surface area (Å²) in [6.07, 6.45) is 1.79. The number of esters is 1. The first kappa shape index (κ1) is 17.4. The molecule has 0 spiro atoms. The molecular formula is C20H18N2O4. The van der Waals surface area contributed by atoms with E-state index in [4.69, 9.17) is 4.74 Å². The molecule has 0 bridgehead atoms. The summed E-state index contributed by atoms with van der Waals surface area (Å²) < 4.78 is 9.83. The molecule has 2 aromatic carbocycles. The fourth-order valence-corrected chi connectivity index (χ4v) is 2.46. The Kier molecular flexibility index (Phi) is 5.12. The van der Waals surface area contributed by atoms with Crippen LogP contribution in [0.15, 0.2) is 65.3 Å². The molecular weight excluding hydrogens is 332 g/mol. The number of amides is 1. The second-order valence-electron chi connectivity index (χ2n) is 5.63. The van der Waals surface area contributed by atoms with Gasteiger partial charge in [-0.15, -0.1) is 0 Å². The van der Waals surface area contributed by atoms with Gasteiger partial charge in [0, 0.05) is 0 Å². The maximum Gasteiger partial charge on any atom is 0.343 e. The summed E-state index contributed by atoms with van der Waals surface area (Å²) in [5.41, 5.74) is 2.76. The average Bonchev–Trinajstić information content (AvgIpc) is 2.96. The Morgan fingerprint density at radius 3 is 2.46 bits per heavy atom. The van der Waals surface area contributed by atoms with E-state index in [1.165, 1.54) is 12.1 Å². The van der Waals surface area contributed by atoms with Gasteiger partial charge in [0.25, 0.3) is 5.91 Å². The Morgan fingerprint density at radius 2 is 1.81 bits per heavy atom. The van der Waals surface area contributed by atoms with Crippen molar-refractivity contribution in [3.63, 3.8) is 0 Å². The highest BCUT2D eigenvalue weighted by Gasteiger charge is 2.28. The summed E-state index contributed by atoms with van der Waals surface area (Å²) in [6, 6.07) is 16.4. The van der Waals surface area contributed by atoms with Gasteiger partial charge in [-0.05, 0) is 42.8 Å². The van der Waals surface area contributed by atoms with E-state index in [9.17, 15) is 9.59 Å². The van der Waals surface area contributed by atoms with Crippen LogP contribution in [0.25, 0.3) is 6.08 Å². The normalized spacial score (nSPS) is 15.2. The number of para-hydroxylation sites is 1. The Labute approximate surface area is 151 Å². The molecule has 0 radical (unpaired) electrons. The first-order chi connectivity index (χ1) is 12.6. The second kappa shape index (κ2) is 7.65. The topological polar surface area (TPSA) is 68.2 Å². The van der Waals surface area contributed by atoms with Crippen LogP contribution in [0, 0.1) is 0 Å². The Morgan fingerprint density at radius 1 is 1.12 bits per heavy atom. The van der Waals surface area contributed by atoms with Crippen LogP contribution in [-0.4, -0.2) is 31.3 Å². The first-order valence-corrected chi connectivity index (χ1v) is 8.05. The second-order valence-corrected chi connectivity index (χ2v) is 5.63. The van der Waals surface area contributed by atoms with Gasteiger partial charge in [-0.1, -0.05) is 30.3 Å². The molecule has 26 heavy (non-hydrogen) atoms. The minimum Gasteiger partial charge on any atom is -0.482 e. The summed E-state index contributed by atoms with van der Waals surface area (Å²) >= 11 is 0. The van der Waals surface area contributed by atoms with Crippen molar-refractivity contribution in [2.75, 3.05) is 18.7 Å². The van der Waals surface area contributed by atoms with Gasteiger partial charge < -0.3 is 9.47 Å². The molecule has 0 atom stereocenters. The van der Waals surface area contributed by atoms with E-state index in [1.807, 2.05) is 42.5 Å². The fraction of sp³-hybridized carbons (Fsp3) is 0.150. The smallest absolute Gasteiger partial charge is 0.343 e. The number of hydrogen-bond donors (Lipinski definition) is 0. The van der Waals surface area contributed by atoms with Gasteiger partial charge in [0.1, 0.15) is 5.75 Å². The number of rotatable bonds is 5. The molecule has 0 N–H and O–H groups in total. The van der Waals surface area contributed by atoms with Crippen LogP contribution in [0.5, 0.6) is 5.75 Å². The van der Waals surface area contributed by atoms with Crippen molar-refractivity contribution in [2.24, 2.45) is 5.10 Å². The van der Waals surface area contributed by atoms with E-state index in [1.54, 1.807) is 25.1 Å². The number of benzene rings is 2. The molecule has 0 unspecified atom stereocenters. The molecule has 0 aromatic heterocycles. The zero-order chi connectivity index (χ0) is 18.5. The predicted octanol–water partition coefficient (Wildman–Crippen LogP) is 3.04. The molecule has 2 aromatic rings. The summed E-state index contributed by atoms with van der Waals surface area (Å²) in [6.45, 7) is 1.66. The van der Waals surface area contributed by atoms with Gasteiger partial charge in [-0.3, -0.25) is 4.79 Å². The number of hydrazone groups is 1. The van der Waals surface area contributed by atoms with Crippen LogP contribution < -0.4 is 9.75 Å². The first-order valence-electron chi connectivity index (χ1n) is 8.05. The molecule has 0 aliphatic carbocycles. The predicted molar refractivity (Wildman–Crippen MR) is 99.0 cm³/mol. The van der Waals surface area contributed by atoms with Crippen LogP contribution in [0.1, 0.15) is 12.5 Å². The third-order valence-corrected chi connectivity index (χ3v) is 3.84. The van der Waals surface area contributed by atoms with Gasteiger partial charge >= 0.3 is 5.97 Å². The molecule has 1 amide bonds. The molecule has 6 nitrogen and oxygen atoms in total. The van der Waals surface area contributed by atoms with E-state index >= 15 is 0 Å². The fourth-order valence-electron chi connectivity index (χ4n) is 2.46. The van der Waals surface area contributed by atoms with Crippen molar-refractivity contribution in [1.82, 2.24) is 0 Å². The van der Waals surface area contributed by atoms with Gasteiger partial charge in [-0.2, -0.15) is 10.1 Å². The third-order valence-electron chi connectivity index (χ3n) is 3.84. The van der Waals surface area contributed by atoms with Crippen molar-refractivity contribution in [2.45, 2.75) is 6.92 Å². The molecule has 1 aliphatic heterocycles. The maximum atomic E-state index is 12.7. The van der Waals surface area contributed by atoms with E-state index < -0.39 is 5.97 Å². The molecule has 6 heteroatoms.